The molecule has 5 nitrogen and oxygen atoms in total. The second-order valence-corrected chi connectivity index (χ2v) is 5.72. The molecule has 1 aliphatic heterocycles. The first-order chi connectivity index (χ1) is 11.6. The standard InChI is InChI=1S/C19H20O5/c1-12-16(22-2)7-5-14(19(12)21)15(20)10-13-4-6-17-18(11-13)24-9-3-8-23-17/h4-7,11,21H,3,8-10H2,1-2H3. The highest BCUT2D eigenvalue weighted by Gasteiger charge is 2.17. The highest BCUT2D eigenvalue weighted by molar-refractivity contribution is 6.00. The first-order valence-corrected chi connectivity index (χ1v) is 7.88. The van der Waals surface area contributed by atoms with Crippen LogP contribution in [0.5, 0.6) is 23.0 Å². The van der Waals surface area contributed by atoms with Crippen LogP contribution in [0.1, 0.15) is 27.9 Å². The van der Waals surface area contributed by atoms with Gasteiger partial charge in [0, 0.05) is 18.4 Å². The van der Waals surface area contributed by atoms with Gasteiger partial charge in [0.25, 0.3) is 0 Å². The lowest BCUT2D eigenvalue weighted by molar-refractivity contribution is 0.0990. The molecule has 1 N–H and O–H groups in total. The average molecular weight is 328 g/mol. The predicted molar refractivity (Wildman–Crippen MR) is 89.5 cm³/mol. The molecule has 3 rings (SSSR count). The molecule has 0 amide bonds. The molecule has 1 aliphatic rings. The van der Waals surface area contributed by atoms with Gasteiger partial charge in [-0.2, -0.15) is 0 Å². The summed E-state index contributed by atoms with van der Waals surface area (Å²) in [4.78, 5) is 12.5. The summed E-state index contributed by atoms with van der Waals surface area (Å²) in [5.41, 5.74) is 1.67. The summed E-state index contributed by atoms with van der Waals surface area (Å²) in [6.45, 7) is 2.95. The van der Waals surface area contributed by atoms with Gasteiger partial charge in [-0.1, -0.05) is 6.07 Å². The van der Waals surface area contributed by atoms with E-state index in [0.29, 0.717) is 41.6 Å². The van der Waals surface area contributed by atoms with E-state index < -0.39 is 0 Å². The first-order valence-electron chi connectivity index (χ1n) is 7.88. The number of carbonyl (C=O) groups is 1. The number of rotatable bonds is 4. The molecule has 1 heterocycles. The number of methoxy groups -OCH3 is 1. The SMILES string of the molecule is COc1ccc(C(=O)Cc2ccc3c(c2)OCCCO3)c(O)c1C. The summed E-state index contributed by atoms with van der Waals surface area (Å²) >= 11 is 0. The van der Waals surface area contributed by atoms with Crippen LogP contribution in [0, 0.1) is 6.92 Å². The van der Waals surface area contributed by atoms with E-state index in [1.807, 2.05) is 18.2 Å². The van der Waals surface area contributed by atoms with Crippen LogP contribution in [0.25, 0.3) is 0 Å². The maximum absolute atomic E-state index is 12.5. The second kappa shape index (κ2) is 6.83. The lowest BCUT2D eigenvalue weighted by Crippen LogP contribution is -2.05. The van der Waals surface area contributed by atoms with Gasteiger partial charge in [0.2, 0.25) is 0 Å². The quantitative estimate of drug-likeness (QED) is 0.873. The van der Waals surface area contributed by atoms with E-state index in [4.69, 9.17) is 14.2 Å². The Labute approximate surface area is 140 Å². The van der Waals surface area contributed by atoms with E-state index in [0.717, 1.165) is 12.0 Å². The molecule has 5 heteroatoms. The number of phenols is 1. The number of hydrogen-bond acceptors (Lipinski definition) is 5. The van der Waals surface area contributed by atoms with Crippen molar-refractivity contribution in [3.63, 3.8) is 0 Å². The van der Waals surface area contributed by atoms with Crippen molar-refractivity contribution >= 4 is 5.78 Å². The third-order valence-corrected chi connectivity index (χ3v) is 4.08. The zero-order chi connectivity index (χ0) is 17.1. The Morgan fingerprint density at radius 2 is 1.92 bits per heavy atom. The molecular weight excluding hydrogens is 308 g/mol. The minimum Gasteiger partial charge on any atom is -0.507 e. The van der Waals surface area contributed by atoms with Crippen molar-refractivity contribution in [2.24, 2.45) is 0 Å². The van der Waals surface area contributed by atoms with Crippen LogP contribution in [-0.4, -0.2) is 31.2 Å². The maximum Gasteiger partial charge on any atom is 0.170 e. The fourth-order valence-corrected chi connectivity index (χ4v) is 2.73. The Bertz CT molecular complexity index is 767. The van der Waals surface area contributed by atoms with Gasteiger partial charge in [0.05, 0.1) is 25.9 Å². The smallest absolute Gasteiger partial charge is 0.170 e. The molecule has 0 aromatic heterocycles. The van der Waals surface area contributed by atoms with E-state index in [9.17, 15) is 9.90 Å². The molecule has 0 spiro atoms. The number of carbonyl (C=O) groups excluding carboxylic acids is 1. The van der Waals surface area contributed by atoms with E-state index in [2.05, 4.69) is 0 Å². The van der Waals surface area contributed by atoms with Crippen LogP contribution >= 0.6 is 0 Å². The normalized spacial score (nSPS) is 13.2. The molecular formula is C19H20O5. The zero-order valence-corrected chi connectivity index (χ0v) is 13.8. The van der Waals surface area contributed by atoms with E-state index in [1.54, 1.807) is 19.1 Å². The van der Waals surface area contributed by atoms with Crippen molar-refractivity contribution in [2.75, 3.05) is 20.3 Å². The third kappa shape index (κ3) is 3.15. The van der Waals surface area contributed by atoms with E-state index in [1.165, 1.54) is 7.11 Å². The van der Waals surface area contributed by atoms with Crippen molar-refractivity contribution in [3.8, 4) is 23.0 Å². The Hall–Kier alpha value is -2.69. The Balaban J connectivity index is 1.83. The van der Waals surface area contributed by atoms with Crippen LogP contribution in [-0.2, 0) is 6.42 Å². The van der Waals surface area contributed by atoms with Crippen LogP contribution in [0.15, 0.2) is 30.3 Å². The molecule has 2 aromatic rings. The monoisotopic (exact) mass is 328 g/mol. The number of aromatic hydroxyl groups is 1. The molecule has 24 heavy (non-hydrogen) atoms. The van der Waals surface area contributed by atoms with Gasteiger partial charge in [0.15, 0.2) is 17.3 Å². The molecule has 0 atom stereocenters. The lowest BCUT2D eigenvalue weighted by atomic mass is 9.99. The molecule has 0 saturated heterocycles. The Kier molecular flexibility index (Phi) is 4.60. The number of benzene rings is 2. The fourth-order valence-electron chi connectivity index (χ4n) is 2.73. The average Bonchev–Trinajstić information content (AvgIpc) is 2.82. The van der Waals surface area contributed by atoms with Gasteiger partial charge in [-0.3, -0.25) is 4.79 Å². The molecule has 126 valence electrons. The van der Waals surface area contributed by atoms with E-state index in [-0.39, 0.29) is 18.0 Å². The highest BCUT2D eigenvalue weighted by atomic mass is 16.5. The first kappa shape index (κ1) is 16.2. The summed E-state index contributed by atoms with van der Waals surface area (Å²) in [5, 5.41) is 10.2. The minimum absolute atomic E-state index is 0.0336. The molecule has 0 unspecified atom stereocenters. The summed E-state index contributed by atoms with van der Waals surface area (Å²) in [6.07, 6.45) is 1.01. The number of ketones is 1. The van der Waals surface area contributed by atoms with Crippen molar-refractivity contribution in [2.45, 2.75) is 19.8 Å². The molecule has 0 aliphatic carbocycles. The summed E-state index contributed by atoms with van der Waals surface area (Å²) < 4.78 is 16.4. The number of ether oxygens (including phenoxy) is 3. The van der Waals surface area contributed by atoms with Crippen molar-refractivity contribution in [3.05, 3.63) is 47.0 Å². The fraction of sp³-hybridized carbons (Fsp3) is 0.316. The molecule has 0 radical (unpaired) electrons. The Morgan fingerprint density at radius 3 is 2.67 bits per heavy atom. The summed E-state index contributed by atoms with van der Waals surface area (Å²) in [5.74, 6) is 1.72. The van der Waals surface area contributed by atoms with Gasteiger partial charge >= 0.3 is 0 Å². The maximum atomic E-state index is 12.5. The van der Waals surface area contributed by atoms with Gasteiger partial charge in [-0.25, -0.2) is 0 Å². The number of hydrogen-bond donors (Lipinski definition) is 1. The van der Waals surface area contributed by atoms with Crippen LogP contribution in [0.2, 0.25) is 0 Å². The molecule has 0 fully saturated rings. The summed E-state index contributed by atoms with van der Waals surface area (Å²) in [6, 6.07) is 8.77. The molecule has 0 bridgehead atoms. The zero-order valence-electron chi connectivity index (χ0n) is 13.8. The second-order valence-electron chi connectivity index (χ2n) is 5.72. The van der Waals surface area contributed by atoms with Crippen molar-refractivity contribution in [1.29, 1.82) is 0 Å². The summed E-state index contributed by atoms with van der Waals surface area (Å²) in [7, 11) is 1.53. The number of Topliss-reactive ketones (excluding diaryl/α,β-unsaturated/α-hetero) is 1. The van der Waals surface area contributed by atoms with Crippen LogP contribution in [0.4, 0.5) is 0 Å². The molecule has 2 aromatic carbocycles. The van der Waals surface area contributed by atoms with Gasteiger partial charge in [-0.05, 0) is 36.8 Å². The van der Waals surface area contributed by atoms with Crippen molar-refractivity contribution in [1.82, 2.24) is 0 Å². The Morgan fingerprint density at radius 1 is 1.17 bits per heavy atom. The van der Waals surface area contributed by atoms with Gasteiger partial charge < -0.3 is 19.3 Å². The third-order valence-electron chi connectivity index (χ3n) is 4.08. The van der Waals surface area contributed by atoms with Gasteiger partial charge in [0.1, 0.15) is 11.5 Å². The van der Waals surface area contributed by atoms with Crippen molar-refractivity contribution < 1.29 is 24.1 Å². The van der Waals surface area contributed by atoms with Crippen LogP contribution in [0.3, 0.4) is 0 Å². The largest absolute Gasteiger partial charge is 0.507 e. The topological polar surface area (TPSA) is 65.0 Å². The van der Waals surface area contributed by atoms with Gasteiger partial charge in [-0.15, -0.1) is 0 Å². The van der Waals surface area contributed by atoms with Crippen LogP contribution < -0.4 is 14.2 Å². The minimum atomic E-state index is -0.159. The highest BCUT2D eigenvalue weighted by Crippen LogP contribution is 2.33. The predicted octanol–water partition coefficient (Wildman–Crippen LogP) is 3.30. The molecule has 0 saturated carbocycles. The lowest BCUT2D eigenvalue weighted by Gasteiger charge is -2.11. The number of phenolic OH excluding ortho intramolecular Hbond substituents is 1. The van der Waals surface area contributed by atoms with E-state index >= 15 is 0 Å². The number of fused-ring (bicyclic) bond motifs is 1.